The third-order valence-corrected chi connectivity index (χ3v) is 10.2. The fourth-order valence-corrected chi connectivity index (χ4v) is 7.63. The average Bonchev–Trinajstić information content (AvgIpc) is 3.32. The van der Waals surface area contributed by atoms with E-state index < -0.39 is 6.37 Å². The van der Waals surface area contributed by atoms with Crippen molar-refractivity contribution in [3.8, 4) is 11.3 Å². The second kappa shape index (κ2) is 9.20. The van der Waals surface area contributed by atoms with E-state index in [-0.39, 0.29) is 16.7 Å². The van der Waals surface area contributed by atoms with Crippen LogP contribution in [0.5, 0.6) is 0 Å². The SMILES string of the molecule is [2H]C([2H])(c1cc[n+](C)c(-c2cc3c(cc2C)oc2c3ccc3ccc4c(c32)C(C)(C)CCC4(C)C)c1)C1CCCCC1. The molecule has 0 unspecified atom stereocenters. The van der Waals surface area contributed by atoms with Gasteiger partial charge in [-0.05, 0) is 88.7 Å². The maximum absolute atomic E-state index is 9.11. The van der Waals surface area contributed by atoms with Crippen molar-refractivity contribution in [3.63, 3.8) is 0 Å². The number of fused-ring (bicyclic) bond motifs is 7. The summed E-state index contributed by atoms with van der Waals surface area (Å²) in [5.41, 5.74) is 9.13. The van der Waals surface area contributed by atoms with Crippen molar-refractivity contribution < 1.29 is 11.7 Å². The standard InChI is InChI=1S/C38H44NO/c1-24-20-33-30(23-29(24)32-22-26(16-19-39(32)6)21-25-10-8-7-9-11-25)28-14-12-27-13-15-31-35(34(27)36(28)40-33)38(4,5)18-17-37(31,2)3/h12-16,19-20,22-23,25H,7-11,17-18,21H2,1-6H3/q+1/i21D2. The molecule has 0 saturated heterocycles. The van der Waals surface area contributed by atoms with Crippen LogP contribution < -0.4 is 4.57 Å². The predicted octanol–water partition coefficient (Wildman–Crippen LogP) is 10.0. The van der Waals surface area contributed by atoms with Crippen molar-refractivity contribution in [1.82, 2.24) is 0 Å². The maximum atomic E-state index is 9.11. The maximum Gasteiger partial charge on any atom is 0.212 e. The molecule has 0 spiro atoms. The Morgan fingerprint density at radius 1 is 0.900 bits per heavy atom. The Bertz CT molecular complexity index is 1870. The molecule has 0 bridgehead atoms. The predicted molar refractivity (Wildman–Crippen MR) is 168 cm³/mol. The van der Waals surface area contributed by atoms with Crippen LogP contribution in [-0.2, 0) is 24.3 Å². The molecule has 2 aromatic heterocycles. The Labute approximate surface area is 242 Å². The Morgan fingerprint density at radius 3 is 2.45 bits per heavy atom. The first-order valence-corrected chi connectivity index (χ1v) is 15.3. The van der Waals surface area contributed by atoms with Gasteiger partial charge in [-0.3, -0.25) is 0 Å². The molecule has 206 valence electrons. The number of hydrogen-bond donors (Lipinski definition) is 0. The molecule has 2 aliphatic rings. The zero-order valence-corrected chi connectivity index (χ0v) is 25.1. The van der Waals surface area contributed by atoms with Crippen LogP contribution in [0.4, 0.5) is 0 Å². The summed E-state index contributed by atoms with van der Waals surface area (Å²) in [4.78, 5) is 0. The lowest BCUT2D eigenvalue weighted by atomic mass is 9.62. The quantitative estimate of drug-likeness (QED) is 0.211. The van der Waals surface area contributed by atoms with Gasteiger partial charge in [-0.2, -0.15) is 0 Å². The van der Waals surface area contributed by atoms with Gasteiger partial charge in [0.15, 0.2) is 6.20 Å². The summed E-state index contributed by atoms with van der Waals surface area (Å²) >= 11 is 0. The molecule has 2 nitrogen and oxygen atoms in total. The zero-order valence-electron chi connectivity index (χ0n) is 27.1. The van der Waals surface area contributed by atoms with E-state index in [1.807, 2.05) is 12.3 Å². The summed E-state index contributed by atoms with van der Waals surface area (Å²) in [5.74, 6) is 0.0849. The Morgan fingerprint density at radius 2 is 1.65 bits per heavy atom. The molecule has 1 saturated carbocycles. The minimum atomic E-state index is -1.33. The summed E-state index contributed by atoms with van der Waals surface area (Å²) < 4.78 is 27.1. The average molecular weight is 533 g/mol. The number of rotatable bonds is 3. The molecule has 2 heterocycles. The number of aromatic nitrogens is 1. The highest BCUT2D eigenvalue weighted by atomic mass is 16.3. The molecule has 2 aliphatic carbocycles. The van der Waals surface area contributed by atoms with Gasteiger partial charge in [-0.15, -0.1) is 0 Å². The van der Waals surface area contributed by atoms with Crippen LogP contribution in [0.1, 0.15) is 97.6 Å². The van der Waals surface area contributed by atoms with Gasteiger partial charge < -0.3 is 4.42 Å². The molecule has 0 N–H and O–H groups in total. The van der Waals surface area contributed by atoms with Crippen molar-refractivity contribution in [3.05, 3.63) is 77.0 Å². The smallest absolute Gasteiger partial charge is 0.212 e. The van der Waals surface area contributed by atoms with E-state index in [2.05, 4.69) is 88.7 Å². The second-order valence-electron chi connectivity index (χ2n) is 14.0. The molecule has 0 aliphatic heterocycles. The van der Waals surface area contributed by atoms with Gasteiger partial charge in [0, 0.05) is 36.6 Å². The van der Waals surface area contributed by atoms with E-state index >= 15 is 0 Å². The summed E-state index contributed by atoms with van der Waals surface area (Å²) in [6.07, 6.45) is 8.49. The molecule has 3 aromatic carbocycles. The van der Waals surface area contributed by atoms with E-state index in [9.17, 15) is 0 Å². The minimum absolute atomic E-state index is 0.0736. The van der Waals surface area contributed by atoms with Crippen molar-refractivity contribution in [2.24, 2.45) is 13.0 Å². The molecule has 7 rings (SSSR count). The van der Waals surface area contributed by atoms with Gasteiger partial charge in [0.25, 0.3) is 0 Å². The summed E-state index contributed by atoms with van der Waals surface area (Å²) in [6, 6.07) is 17.7. The molecule has 1 fully saturated rings. The first-order valence-electron chi connectivity index (χ1n) is 16.3. The lowest BCUT2D eigenvalue weighted by Gasteiger charge is -2.42. The van der Waals surface area contributed by atoms with E-state index in [1.54, 1.807) is 0 Å². The molecular weight excluding hydrogens is 486 g/mol. The fourth-order valence-electron chi connectivity index (χ4n) is 7.63. The summed E-state index contributed by atoms with van der Waals surface area (Å²) in [5, 5.41) is 4.79. The first-order chi connectivity index (χ1) is 19.9. The Kier molecular flexibility index (Phi) is 5.42. The van der Waals surface area contributed by atoms with Gasteiger partial charge in [0.2, 0.25) is 5.69 Å². The fraction of sp³-hybridized carbons (Fsp3) is 0.447. The van der Waals surface area contributed by atoms with Gasteiger partial charge in [0.1, 0.15) is 18.2 Å². The van der Waals surface area contributed by atoms with Gasteiger partial charge in [0.05, 0.1) is 0 Å². The van der Waals surface area contributed by atoms with Crippen molar-refractivity contribution in [2.45, 2.75) is 96.8 Å². The zero-order chi connectivity index (χ0) is 29.6. The van der Waals surface area contributed by atoms with Gasteiger partial charge >= 0.3 is 0 Å². The van der Waals surface area contributed by atoms with Crippen molar-refractivity contribution in [2.75, 3.05) is 0 Å². The molecule has 0 atom stereocenters. The lowest BCUT2D eigenvalue weighted by molar-refractivity contribution is -0.660. The van der Waals surface area contributed by atoms with Crippen LogP contribution in [0.25, 0.3) is 44.0 Å². The normalized spacial score (nSPS) is 20.1. The molecule has 40 heavy (non-hydrogen) atoms. The number of benzene rings is 3. The topological polar surface area (TPSA) is 17.0 Å². The highest BCUT2D eigenvalue weighted by Crippen LogP contribution is 2.50. The van der Waals surface area contributed by atoms with Crippen molar-refractivity contribution >= 4 is 32.7 Å². The molecule has 0 radical (unpaired) electrons. The molecule has 2 heteroatoms. The van der Waals surface area contributed by atoms with Crippen LogP contribution in [-0.4, -0.2) is 0 Å². The van der Waals surface area contributed by atoms with Gasteiger partial charge in [-0.25, -0.2) is 4.57 Å². The third-order valence-electron chi connectivity index (χ3n) is 10.2. The van der Waals surface area contributed by atoms with Crippen LogP contribution in [0, 0.1) is 12.8 Å². The highest BCUT2D eigenvalue weighted by Gasteiger charge is 2.39. The number of nitrogens with zero attached hydrogens (tertiary/aromatic N) is 1. The molecule has 5 aromatic rings. The highest BCUT2D eigenvalue weighted by molar-refractivity contribution is 6.17. The van der Waals surface area contributed by atoms with E-state index in [4.69, 9.17) is 7.16 Å². The van der Waals surface area contributed by atoms with E-state index in [0.29, 0.717) is 0 Å². The van der Waals surface area contributed by atoms with Crippen LogP contribution in [0.2, 0.25) is 0 Å². The Hall–Kier alpha value is -3.13. The summed E-state index contributed by atoms with van der Waals surface area (Å²) in [7, 11) is 2.07. The molecule has 0 amide bonds. The van der Waals surface area contributed by atoms with E-state index in [1.165, 1.54) is 34.7 Å². The number of furan rings is 1. The lowest BCUT2D eigenvalue weighted by Crippen LogP contribution is -2.34. The van der Waals surface area contributed by atoms with Crippen LogP contribution in [0.3, 0.4) is 0 Å². The minimum Gasteiger partial charge on any atom is -0.455 e. The number of aryl methyl sites for hydroxylation is 2. The summed E-state index contributed by atoms with van der Waals surface area (Å²) in [6.45, 7) is 11.7. The third kappa shape index (κ3) is 4.09. The van der Waals surface area contributed by atoms with Gasteiger partial charge in [-0.1, -0.05) is 78.0 Å². The second-order valence-corrected chi connectivity index (χ2v) is 14.0. The van der Waals surface area contributed by atoms with Crippen molar-refractivity contribution in [1.29, 1.82) is 0 Å². The number of hydrogen-bond acceptors (Lipinski definition) is 1. The van der Waals surface area contributed by atoms with Crippen LogP contribution in [0.15, 0.2) is 59.1 Å². The van der Waals surface area contributed by atoms with E-state index in [0.717, 1.165) is 76.4 Å². The van der Waals surface area contributed by atoms with Crippen LogP contribution >= 0.6 is 0 Å². The first kappa shape index (κ1) is 23.6. The Balaban J connectivity index is 1.44. The number of pyridine rings is 1. The largest absolute Gasteiger partial charge is 0.455 e. The monoisotopic (exact) mass is 532 g/mol. The molecular formula is C38H44NO+.